The molecule has 21 heavy (non-hydrogen) atoms. The molecule has 2 aliphatic heterocycles. The van der Waals surface area contributed by atoms with E-state index in [0.29, 0.717) is 24.2 Å². The number of carbonyl (C=O) groups is 1. The van der Waals surface area contributed by atoms with Crippen LogP contribution in [0.5, 0.6) is 0 Å². The highest BCUT2D eigenvalue weighted by Crippen LogP contribution is 2.33. The lowest BCUT2D eigenvalue weighted by Crippen LogP contribution is -2.49. The van der Waals surface area contributed by atoms with Crippen molar-refractivity contribution in [2.75, 3.05) is 13.2 Å². The minimum absolute atomic E-state index is 0.0681. The van der Waals surface area contributed by atoms with E-state index in [-0.39, 0.29) is 23.8 Å². The summed E-state index contributed by atoms with van der Waals surface area (Å²) in [6.45, 7) is 1.19. The quantitative estimate of drug-likeness (QED) is 0.807. The summed E-state index contributed by atoms with van der Waals surface area (Å²) < 4.78 is 21.5. The second-order valence-electron chi connectivity index (χ2n) is 5.92. The number of benzene rings is 1. The highest BCUT2D eigenvalue weighted by atomic mass is 19.1. The monoisotopic (exact) mass is 288 g/mol. The lowest BCUT2D eigenvalue weighted by Gasteiger charge is -2.34. The summed E-state index contributed by atoms with van der Waals surface area (Å²) in [4.78, 5) is 14.8. The normalized spacial score (nSPS) is 24.8. The van der Waals surface area contributed by atoms with Crippen LogP contribution in [0, 0.1) is 5.82 Å². The molecule has 1 aromatic carbocycles. The van der Waals surface area contributed by atoms with Gasteiger partial charge in [0.1, 0.15) is 5.82 Å². The largest absolute Gasteiger partial charge is 0.377 e. The van der Waals surface area contributed by atoms with E-state index in [9.17, 15) is 9.18 Å². The van der Waals surface area contributed by atoms with Crippen LogP contribution in [0.1, 0.15) is 23.2 Å². The molecule has 2 unspecified atom stereocenters. The van der Waals surface area contributed by atoms with E-state index in [2.05, 4.69) is 0 Å². The molecule has 2 aromatic rings. The summed E-state index contributed by atoms with van der Waals surface area (Å²) in [5, 5.41) is 0.427. The lowest BCUT2D eigenvalue weighted by molar-refractivity contribution is -0.00707. The molecular formula is C16H17FN2O2. The first kappa shape index (κ1) is 12.8. The summed E-state index contributed by atoms with van der Waals surface area (Å²) >= 11 is 0. The molecule has 4 rings (SSSR count). The zero-order chi connectivity index (χ0) is 14.6. The Morgan fingerprint density at radius 2 is 2.00 bits per heavy atom. The molecule has 3 heterocycles. The van der Waals surface area contributed by atoms with Crippen LogP contribution in [0.3, 0.4) is 0 Å². The second kappa shape index (κ2) is 4.56. The van der Waals surface area contributed by atoms with Crippen molar-refractivity contribution >= 4 is 16.8 Å². The van der Waals surface area contributed by atoms with Gasteiger partial charge in [0.2, 0.25) is 0 Å². The molecule has 0 N–H and O–H groups in total. The lowest BCUT2D eigenvalue weighted by atomic mass is 10.1. The van der Waals surface area contributed by atoms with E-state index in [1.807, 2.05) is 22.6 Å². The van der Waals surface area contributed by atoms with Crippen molar-refractivity contribution in [3.63, 3.8) is 0 Å². The van der Waals surface area contributed by atoms with Gasteiger partial charge in [0.25, 0.3) is 5.91 Å². The van der Waals surface area contributed by atoms with Gasteiger partial charge in [-0.25, -0.2) is 4.39 Å². The number of nitrogens with zero attached hydrogens (tertiary/aromatic N) is 2. The van der Waals surface area contributed by atoms with E-state index in [4.69, 9.17) is 4.74 Å². The van der Waals surface area contributed by atoms with Gasteiger partial charge in [-0.1, -0.05) is 6.07 Å². The minimum Gasteiger partial charge on any atom is -0.377 e. The third-order valence-electron chi connectivity index (χ3n) is 4.67. The van der Waals surface area contributed by atoms with Crippen molar-refractivity contribution in [3.8, 4) is 0 Å². The predicted octanol–water partition coefficient (Wildman–Crippen LogP) is 2.32. The van der Waals surface area contributed by atoms with Gasteiger partial charge in [0.05, 0.1) is 36.4 Å². The fraction of sp³-hybridized carbons (Fsp3) is 0.438. The summed E-state index contributed by atoms with van der Waals surface area (Å²) in [5.74, 6) is -0.404. The van der Waals surface area contributed by atoms with Crippen LogP contribution < -0.4 is 0 Å². The summed E-state index contributed by atoms with van der Waals surface area (Å²) in [6.07, 6.45) is 3.69. The Labute approximate surface area is 122 Å². The fourth-order valence-corrected chi connectivity index (χ4v) is 3.66. The zero-order valence-electron chi connectivity index (χ0n) is 11.9. The van der Waals surface area contributed by atoms with Crippen molar-refractivity contribution in [1.82, 2.24) is 9.47 Å². The molecule has 4 nitrogen and oxygen atoms in total. The number of rotatable bonds is 1. The molecule has 110 valence electrons. The highest BCUT2D eigenvalue weighted by Gasteiger charge is 2.41. The Kier molecular flexibility index (Phi) is 2.79. The van der Waals surface area contributed by atoms with Crippen LogP contribution in [0.4, 0.5) is 4.39 Å². The van der Waals surface area contributed by atoms with Gasteiger partial charge in [-0.2, -0.15) is 0 Å². The number of ether oxygens (including phenoxy) is 1. The Morgan fingerprint density at radius 3 is 2.71 bits per heavy atom. The summed E-state index contributed by atoms with van der Waals surface area (Å²) in [5.41, 5.74) is 1.21. The number of morpholine rings is 1. The third-order valence-corrected chi connectivity index (χ3v) is 4.67. The molecule has 2 saturated heterocycles. The van der Waals surface area contributed by atoms with E-state index in [1.54, 1.807) is 12.3 Å². The molecule has 1 aromatic heterocycles. The first-order chi connectivity index (χ1) is 10.2. The van der Waals surface area contributed by atoms with Gasteiger partial charge in [-0.05, 0) is 25.0 Å². The fourth-order valence-electron chi connectivity index (χ4n) is 3.66. The topological polar surface area (TPSA) is 34.5 Å². The first-order valence-corrected chi connectivity index (χ1v) is 7.31. The standard InChI is InChI=1S/C16H17FN2O2/c1-18-7-12(15-13(17)3-2-4-14(15)18)16(20)19-10-5-6-11(19)9-21-8-10/h2-4,7,10-11H,5-6,8-9H2,1H3. The van der Waals surface area contributed by atoms with Gasteiger partial charge in [0, 0.05) is 18.6 Å². The molecule has 0 radical (unpaired) electrons. The number of fused-ring (bicyclic) bond motifs is 3. The number of hydrogen-bond donors (Lipinski definition) is 0. The number of aromatic nitrogens is 1. The predicted molar refractivity (Wildman–Crippen MR) is 76.7 cm³/mol. The average molecular weight is 288 g/mol. The maximum atomic E-state index is 14.2. The van der Waals surface area contributed by atoms with Gasteiger partial charge < -0.3 is 14.2 Å². The van der Waals surface area contributed by atoms with E-state index in [0.717, 1.165) is 18.4 Å². The number of aryl methyl sites for hydroxylation is 1. The van der Waals surface area contributed by atoms with E-state index < -0.39 is 0 Å². The van der Waals surface area contributed by atoms with Crippen molar-refractivity contribution in [2.24, 2.45) is 7.05 Å². The van der Waals surface area contributed by atoms with Crippen LogP contribution in [0.15, 0.2) is 24.4 Å². The second-order valence-corrected chi connectivity index (χ2v) is 5.92. The van der Waals surface area contributed by atoms with Gasteiger partial charge in [-0.15, -0.1) is 0 Å². The Balaban J connectivity index is 1.82. The molecule has 0 spiro atoms. The van der Waals surface area contributed by atoms with Crippen molar-refractivity contribution in [3.05, 3.63) is 35.8 Å². The molecular weight excluding hydrogens is 271 g/mol. The van der Waals surface area contributed by atoms with E-state index >= 15 is 0 Å². The van der Waals surface area contributed by atoms with Crippen LogP contribution in [-0.4, -0.2) is 40.7 Å². The zero-order valence-corrected chi connectivity index (χ0v) is 11.9. The summed E-state index contributed by atoms with van der Waals surface area (Å²) in [7, 11) is 1.84. The van der Waals surface area contributed by atoms with E-state index in [1.165, 1.54) is 6.07 Å². The number of carbonyl (C=O) groups excluding carboxylic acids is 1. The Morgan fingerprint density at radius 1 is 1.29 bits per heavy atom. The maximum absolute atomic E-state index is 14.2. The number of amides is 1. The smallest absolute Gasteiger partial charge is 0.256 e. The first-order valence-electron chi connectivity index (χ1n) is 7.31. The molecule has 0 aliphatic carbocycles. The Bertz CT molecular complexity index is 708. The molecule has 2 aliphatic rings. The molecule has 1 amide bonds. The molecule has 2 fully saturated rings. The van der Waals surface area contributed by atoms with Crippen LogP contribution in [0.25, 0.3) is 10.9 Å². The molecule has 2 bridgehead atoms. The maximum Gasteiger partial charge on any atom is 0.256 e. The van der Waals surface area contributed by atoms with Gasteiger partial charge in [-0.3, -0.25) is 4.79 Å². The van der Waals surface area contributed by atoms with Gasteiger partial charge in [0.15, 0.2) is 0 Å². The summed E-state index contributed by atoms with van der Waals surface area (Å²) in [6, 6.07) is 5.19. The number of halogens is 1. The van der Waals surface area contributed by atoms with Crippen LogP contribution in [0.2, 0.25) is 0 Å². The van der Waals surface area contributed by atoms with Crippen LogP contribution >= 0.6 is 0 Å². The third kappa shape index (κ3) is 1.80. The highest BCUT2D eigenvalue weighted by molar-refractivity contribution is 6.07. The van der Waals surface area contributed by atoms with Crippen molar-refractivity contribution < 1.29 is 13.9 Å². The average Bonchev–Trinajstić information content (AvgIpc) is 2.94. The number of hydrogen-bond acceptors (Lipinski definition) is 2. The SMILES string of the molecule is Cn1cc(C(=O)N2C3CCC2COC3)c2c(F)cccc21. The van der Waals surface area contributed by atoms with Gasteiger partial charge >= 0.3 is 0 Å². The molecule has 5 heteroatoms. The molecule has 0 saturated carbocycles. The Hall–Kier alpha value is -1.88. The minimum atomic E-state index is -0.336. The van der Waals surface area contributed by atoms with Crippen molar-refractivity contribution in [1.29, 1.82) is 0 Å². The van der Waals surface area contributed by atoms with Crippen molar-refractivity contribution in [2.45, 2.75) is 24.9 Å². The van der Waals surface area contributed by atoms with Crippen LogP contribution in [-0.2, 0) is 11.8 Å². The molecule has 2 atom stereocenters.